The van der Waals surface area contributed by atoms with Crippen molar-refractivity contribution in [1.82, 2.24) is 20.2 Å². The Labute approximate surface area is 134 Å². The minimum Gasteiger partial charge on any atom is -0.425 e. The van der Waals surface area contributed by atoms with E-state index in [1.54, 1.807) is 20.8 Å². The third-order valence-corrected chi connectivity index (χ3v) is 5.23. The van der Waals surface area contributed by atoms with Gasteiger partial charge in [-0.2, -0.15) is 0 Å². The first-order chi connectivity index (χ1) is 11.0. The van der Waals surface area contributed by atoms with Crippen molar-refractivity contribution in [3.63, 3.8) is 0 Å². The van der Waals surface area contributed by atoms with Gasteiger partial charge in [-0.25, -0.2) is 14.4 Å². The normalized spacial score (nSPS) is 26.8. The fourth-order valence-electron chi connectivity index (χ4n) is 4.19. The van der Waals surface area contributed by atoms with Crippen LogP contribution in [0.25, 0.3) is 0 Å². The molecule has 2 aromatic rings. The van der Waals surface area contributed by atoms with Crippen LogP contribution in [0.5, 0.6) is 0 Å². The smallest absolute Gasteiger partial charge is 0.224 e. The predicted molar refractivity (Wildman–Crippen MR) is 81.7 cm³/mol. The standard InChI is InChI=1S/C16H20FN5O/c1-9-13(17)14(19-10(2)18-9)22-7-12-5-4-6-16(12,8-22)15-21-20-11(3)23-15/h12H,4-8H2,1-3H3/t12-,16-/m0/s1. The first-order valence-corrected chi connectivity index (χ1v) is 8.06. The van der Waals surface area contributed by atoms with E-state index in [-0.39, 0.29) is 11.2 Å². The quantitative estimate of drug-likeness (QED) is 0.847. The van der Waals surface area contributed by atoms with Crippen LogP contribution in [0, 0.1) is 32.5 Å². The summed E-state index contributed by atoms with van der Waals surface area (Å²) in [6.07, 6.45) is 3.24. The molecule has 0 amide bonds. The second-order valence-electron chi connectivity index (χ2n) is 6.75. The van der Waals surface area contributed by atoms with Crippen LogP contribution in [0.2, 0.25) is 0 Å². The Balaban J connectivity index is 1.73. The Morgan fingerprint density at radius 3 is 2.78 bits per heavy atom. The van der Waals surface area contributed by atoms with Gasteiger partial charge in [-0.15, -0.1) is 10.2 Å². The van der Waals surface area contributed by atoms with Gasteiger partial charge in [0.25, 0.3) is 0 Å². The van der Waals surface area contributed by atoms with Gasteiger partial charge in [0, 0.05) is 20.0 Å². The minimum absolute atomic E-state index is 0.166. The van der Waals surface area contributed by atoms with Gasteiger partial charge in [0.05, 0.1) is 11.1 Å². The molecule has 23 heavy (non-hydrogen) atoms. The zero-order valence-corrected chi connectivity index (χ0v) is 13.6. The first-order valence-electron chi connectivity index (χ1n) is 8.06. The highest BCUT2D eigenvalue weighted by Gasteiger charge is 2.54. The largest absolute Gasteiger partial charge is 0.425 e. The maximum atomic E-state index is 14.5. The van der Waals surface area contributed by atoms with Crippen LogP contribution >= 0.6 is 0 Å². The number of anilines is 1. The van der Waals surface area contributed by atoms with Crippen molar-refractivity contribution in [2.24, 2.45) is 5.92 Å². The van der Waals surface area contributed by atoms with Gasteiger partial charge in [0.15, 0.2) is 11.6 Å². The summed E-state index contributed by atoms with van der Waals surface area (Å²) in [6, 6.07) is 0. The molecule has 1 saturated carbocycles. The van der Waals surface area contributed by atoms with Gasteiger partial charge in [0.2, 0.25) is 11.8 Å². The van der Waals surface area contributed by atoms with Crippen molar-refractivity contribution < 1.29 is 8.81 Å². The molecule has 1 aliphatic carbocycles. The second kappa shape index (κ2) is 4.97. The molecule has 6 nitrogen and oxygen atoms in total. The number of hydrogen-bond donors (Lipinski definition) is 0. The van der Waals surface area contributed by atoms with Gasteiger partial charge < -0.3 is 9.32 Å². The molecule has 2 aromatic heterocycles. The van der Waals surface area contributed by atoms with Crippen LogP contribution in [0.3, 0.4) is 0 Å². The van der Waals surface area contributed by atoms with Crippen molar-refractivity contribution in [2.45, 2.75) is 45.4 Å². The summed E-state index contributed by atoms with van der Waals surface area (Å²) in [4.78, 5) is 10.5. The number of hydrogen-bond acceptors (Lipinski definition) is 6. The molecule has 0 radical (unpaired) electrons. The van der Waals surface area contributed by atoms with Crippen LogP contribution < -0.4 is 4.90 Å². The molecule has 4 rings (SSSR count). The molecule has 1 aliphatic heterocycles. The summed E-state index contributed by atoms with van der Waals surface area (Å²) in [5.74, 6) is 2.35. The molecular formula is C16H20FN5O. The SMILES string of the molecule is Cc1nc(C)c(F)c(N2C[C@@H]3CCC[C@]3(c3nnc(C)o3)C2)n1. The summed E-state index contributed by atoms with van der Waals surface area (Å²) in [5, 5.41) is 8.27. The van der Waals surface area contributed by atoms with Crippen LogP contribution in [-0.2, 0) is 5.41 Å². The van der Waals surface area contributed by atoms with Gasteiger partial charge in [0.1, 0.15) is 5.82 Å². The molecule has 122 valence electrons. The third kappa shape index (κ3) is 2.13. The second-order valence-corrected chi connectivity index (χ2v) is 6.75. The molecule has 3 heterocycles. The zero-order valence-electron chi connectivity index (χ0n) is 13.6. The number of nitrogens with zero attached hydrogens (tertiary/aromatic N) is 5. The Morgan fingerprint density at radius 1 is 1.22 bits per heavy atom. The van der Waals surface area contributed by atoms with E-state index < -0.39 is 0 Å². The molecule has 0 aromatic carbocycles. The fraction of sp³-hybridized carbons (Fsp3) is 0.625. The topological polar surface area (TPSA) is 67.9 Å². The maximum Gasteiger partial charge on any atom is 0.224 e. The lowest BCUT2D eigenvalue weighted by molar-refractivity contribution is 0.299. The average molecular weight is 317 g/mol. The fourth-order valence-corrected chi connectivity index (χ4v) is 4.19. The molecule has 0 bridgehead atoms. The summed E-state index contributed by atoms with van der Waals surface area (Å²) < 4.78 is 20.3. The van der Waals surface area contributed by atoms with E-state index in [4.69, 9.17) is 4.42 Å². The molecular weight excluding hydrogens is 297 g/mol. The van der Waals surface area contributed by atoms with Crippen LogP contribution in [-0.4, -0.2) is 33.3 Å². The van der Waals surface area contributed by atoms with E-state index in [0.717, 1.165) is 25.8 Å². The summed E-state index contributed by atoms with van der Waals surface area (Å²) >= 11 is 0. The Hall–Kier alpha value is -2.05. The predicted octanol–water partition coefficient (Wildman–Crippen LogP) is 2.48. The highest BCUT2D eigenvalue weighted by molar-refractivity contribution is 5.46. The first kappa shape index (κ1) is 14.5. The van der Waals surface area contributed by atoms with Crippen molar-refractivity contribution in [3.8, 4) is 0 Å². The summed E-state index contributed by atoms with van der Waals surface area (Å²) in [6.45, 7) is 6.73. The van der Waals surface area contributed by atoms with Gasteiger partial charge in [-0.1, -0.05) is 6.42 Å². The van der Waals surface area contributed by atoms with E-state index in [1.165, 1.54) is 0 Å². The molecule has 2 aliphatic rings. The molecule has 0 unspecified atom stereocenters. The lowest BCUT2D eigenvalue weighted by atomic mass is 9.80. The van der Waals surface area contributed by atoms with Gasteiger partial charge in [-0.05, 0) is 32.6 Å². The highest BCUT2D eigenvalue weighted by Crippen LogP contribution is 2.50. The monoisotopic (exact) mass is 317 g/mol. The lowest BCUT2D eigenvalue weighted by Gasteiger charge is -2.25. The summed E-state index contributed by atoms with van der Waals surface area (Å²) in [7, 11) is 0. The number of rotatable bonds is 2. The van der Waals surface area contributed by atoms with E-state index in [1.807, 2.05) is 4.90 Å². The third-order valence-electron chi connectivity index (χ3n) is 5.23. The van der Waals surface area contributed by atoms with Gasteiger partial charge >= 0.3 is 0 Å². The van der Waals surface area contributed by atoms with Crippen LogP contribution in [0.4, 0.5) is 10.2 Å². The number of fused-ring (bicyclic) bond motifs is 1. The van der Waals surface area contributed by atoms with Crippen molar-refractivity contribution in [1.29, 1.82) is 0 Å². The molecule has 2 fully saturated rings. The number of aromatic nitrogens is 4. The molecule has 0 spiro atoms. The van der Waals surface area contributed by atoms with Crippen molar-refractivity contribution in [2.75, 3.05) is 18.0 Å². The Morgan fingerprint density at radius 2 is 2.04 bits per heavy atom. The van der Waals surface area contributed by atoms with E-state index in [2.05, 4.69) is 20.2 Å². The number of halogens is 1. The van der Waals surface area contributed by atoms with Crippen LogP contribution in [0.1, 0.15) is 42.6 Å². The molecule has 1 saturated heterocycles. The molecule has 7 heteroatoms. The Bertz CT molecular complexity index is 761. The highest BCUT2D eigenvalue weighted by atomic mass is 19.1. The van der Waals surface area contributed by atoms with Crippen molar-refractivity contribution in [3.05, 3.63) is 29.1 Å². The molecule has 0 N–H and O–H groups in total. The maximum absolute atomic E-state index is 14.5. The average Bonchev–Trinajstić information content (AvgIpc) is 3.16. The minimum atomic E-state index is -0.326. The van der Waals surface area contributed by atoms with Gasteiger partial charge in [-0.3, -0.25) is 0 Å². The summed E-state index contributed by atoms with van der Waals surface area (Å²) in [5.41, 5.74) is 0.229. The zero-order chi connectivity index (χ0) is 16.2. The number of aryl methyl sites for hydroxylation is 3. The van der Waals surface area contributed by atoms with E-state index in [0.29, 0.717) is 41.6 Å². The van der Waals surface area contributed by atoms with Crippen molar-refractivity contribution >= 4 is 5.82 Å². The Kier molecular flexibility index (Phi) is 3.14. The van der Waals surface area contributed by atoms with E-state index >= 15 is 0 Å². The van der Waals surface area contributed by atoms with Crippen LogP contribution in [0.15, 0.2) is 4.42 Å². The van der Waals surface area contributed by atoms with E-state index in [9.17, 15) is 4.39 Å². The lowest BCUT2D eigenvalue weighted by Crippen LogP contribution is -2.33. The molecule has 2 atom stereocenters.